The summed E-state index contributed by atoms with van der Waals surface area (Å²) in [5, 5.41) is 17.9. The van der Waals surface area contributed by atoms with Crippen molar-refractivity contribution in [2.24, 2.45) is 0 Å². The molecule has 0 bridgehead atoms. The number of phenolic OH excluding ortho intramolecular Hbond substituents is 2. The number of phenols is 2. The first-order valence-corrected chi connectivity index (χ1v) is 14.0. The summed E-state index contributed by atoms with van der Waals surface area (Å²) in [5.41, 5.74) is -0.650. The number of carbonyl (C=O) groups excluding carboxylic acids is 3. The molecule has 0 aromatic heterocycles. The lowest BCUT2D eigenvalue weighted by Gasteiger charge is -2.29. The van der Waals surface area contributed by atoms with E-state index >= 15 is 0 Å². The van der Waals surface area contributed by atoms with Crippen molar-refractivity contribution in [1.82, 2.24) is 0 Å². The molecule has 0 unspecified atom stereocenters. The Morgan fingerprint density at radius 3 is 1.40 bits per heavy atom. The van der Waals surface area contributed by atoms with Crippen LogP contribution in [-0.4, -0.2) is 27.4 Å². The third kappa shape index (κ3) is 5.78. The number of halogens is 10. The van der Waals surface area contributed by atoms with E-state index in [0.717, 1.165) is 0 Å². The molecule has 3 aromatic rings. The third-order valence-corrected chi connectivity index (χ3v) is 9.44. The second-order valence-electron chi connectivity index (χ2n) is 8.41. The number of ether oxygens (including phenoxy) is 1. The first-order chi connectivity index (χ1) is 18.4. The van der Waals surface area contributed by atoms with Gasteiger partial charge in [0.15, 0.2) is 11.5 Å². The van der Waals surface area contributed by atoms with E-state index < -0.39 is 22.6 Å². The number of rotatable bonds is 3. The molecule has 3 aromatic carbocycles. The van der Waals surface area contributed by atoms with Crippen molar-refractivity contribution in [2.45, 2.75) is 19.3 Å². The fourth-order valence-electron chi connectivity index (χ4n) is 3.63. The van der Waals surface area contributed by atoms with Gasteiger partial charge in [-0.25, -0.2) is 9.59 Å². The van der Waals surface area contributed by atoms with E-state index in [9.17, 15) is 24.6 Å². The van der Waals surface area contributed by atoms with Crippen LogP contribution in [0.4, 0.5) is 0 Å². The second kappa shape index (κ2) is 12.3. The molecule has 0 spiro atoms. The summed E-state index contributed by atoms with van der Waals surface area (Å²) in [6, 6.07) is 2.99. The number of hydrogen-bond donors (Lipinski definition) is 2. The highest BCUT2D eigenvalue weighted by atomic mass is 35.5. The van der Waals surface area contributed by atoms with Gasteiger partial charge in [0.25, 0.3) is 5.24 Å². The van der Waals surface area contributed by atoms with Crippen LogP contribution in [0.25, 0.3) is 0 Å². The fourth-order valence-corrected chi connectivity index (χ4v) is 6.53. The van der Waals surface area contributed by atoms with Gasteiger partial charge in [-0.05, 0) is 34.9 Å². The van der Waals surface area contributed by atoms with E-state index in [0.29, 0.717) is 11.1 Å². The number of fused-ring (bicyclic) bond motifs is 1. The van der Waals surface area contributed by atoms with Gasteiger partial charge in [0, 0.05) is 5.41 Å². The summed E-state index contributed by atoms with van der Waals surface area (Å²) in [4.78, 5) is 33.8. The lowest BCUT2D eigenvalue weighted by Crippen LogP contribution is -2.20. The smallest absolute Gasteiger partial charge is 0.348 e. The van der Waals surface area contributed by atoms with Gasteiger partial charge in [-0.1, -0.05) is 118 Å². The van der Waals surface area contributed by atoms with Crippen LogP contribution in [0.2, 0.25) is 45.2 Å². The number of carbonyl (C=O) groups is 3. The normalized spacial score (nSPS) is 12.6. The van der Waals surface area contributed by atoms with Gasteiger partial charge < -0.3 is 14.9 Å². The largest absolute Gasteiger partial charge is 0.505 e. The Morgan fingerprint density at radius 1 is 0.650 bits per heavy atom. The lowest BCUT2D eigenvalue weighted by molar-refractivity contribution is 0.0444. The van der Waals surface area contributed by atoms with Crippen LogP contribution < -0.4 is 0 Å². The maximum Gasteiger partial charge on any atom is 0.348 e. The zero-order valence-corrected chi connectivity index (χ0v) is 27.0. The molecule has 1 aliphatic rings. The molecule has 2 N–H and O–H groups in total. The quantitative estimate of drug-likeness (QED) is 0.120. The standard InChI is InChI=1S/C15H10Cl6O2.C9Cl4O4/c1-15(2,5-3-7(16)13(22)11(20)9(5)18)6-4-8(17)14(23)12(21)10(6)19;10-4-1-2(9(16)17-8(1)15)5(11)6(12)3(4)7(13)14/h3-4,22-23H,1-2H3;. The van der Waals surface area contributed by atoms with Gasteiger partial charge in [-0.15, -0.1) is 0 Å². The molecule has 16 heteroatoms. The van der Waals surface area contributed by atoms with Crippen LogP contribution >= 0.6 is 116 Å². The molecule has 0 saturated heterocycles. The third-order valence-electron chi connectivity index (χ3n) is 5.73. The van der Waals surface area contributed by atoms with E-state index in [1.165, 1.54) is 12.1 Å². The summed E-state index contributed by atoms with van der Waals surface area (Å²) in [5.74, 6) is -2.56. The molecule has 0 amide bonds. The number of hydrogen-bond acceptors (Lipinski definition) is 6. The molecule has 0 saturated carbocycles. The average Bonchev–Trinajstić information content (AvgIpc) is 3.18. The van der Waals surface area contributed by atoms with E-state index in [1.54, 1.807) is 0 Å². The Bertz CT molecular complexity index is 1570. The second-order valence-corrected chi connectivity index (χ2v) is 12.2. The molecule has 0 fully saturated rings. The van der Waals surface area contributed by atoms with Crippen molar-refractivity contribution in [1.29, 1.82) is 0 Å². The highest BCUT2D eigenvalue weighted by Crippen LogP contribution is 2.50. The van der Waals surface area contributed by atoms with Crippen LogP contribution in [0.1, 0.15) is 56.0 Å². The Kier molecular flexibility index (Phi) is 10.3. The molecule has 6 nitrogen and oxygen atoms in total. The van der Waals surface area contributed by atoms with E-state index in [-0.39, 0.29) is 73.4 Å². The Labute approximate surface area is 276 Å². The zero-order chi connectivity index (χ0) is 30.6. The molecule has 212 valence electrons. The minimum Gasteiger partial charge on any atom is -0.505 e. The number of aromatic hydroxyl groups is 2. The molecule has 0 atom stereocenters. The average molecular weight is 749 g/mol. The van der Waals surface area contributed by atoms with Crippen LogP contribution in [0.5, 0.6) is 11.5 Å². The van der Waals surface area contributed by atoms with Crippen LogP contribution in [0, 0.1) is 0 Å². The lowest BCUT2D eigenvalue weighted by atomic mass is 9.78. The summed E-state index contributed by atoms with van der Waals surface area (Å²) in [6.07, 6.45) is 0. The molecule has 0 aliphatic carbocycles. The first-order valence-electron chi connectivity index (χ1n) is 10.3. The van der Waals surface area contributed by atoms with Gasteiger partial charge >= 0.3 is 11.9 Å². The van der Waals surface area contributed by atoms with E-state index in [2.05, 4.69) is 4.74 Å². The van der Waals surface area contributed by atoms with Crippen LogP contribution in [-0.2, 0) is 10.2 Å². The first kappa shape index (κ1) is 33.5. The van der Waals surface area contributed by atoms with E-state index in [1.807, 2.05) is 13.8 Å². The number of benzene rings is 3. The fraction of sp³-hybridized carbons (Fsp3) is 0.125. The van der Waals surface area contributed by atoms with Gasteiger partial charge in [0.05, 0.1) is 51.8 Å². The van der Waals surface area contributed by atoms with Crippen LogP contribution in [0.3, 0.4) is 0 Å². The maximum atomic E-state index is 11.4. The van der Waals surface area contributed by atoms with Crippen LogP contribution in [0.15, 0.2) is 12.1 Å². The predicted molar refractivity (Wildman–Crippen MR) is 160 cm³/mol. The SMILES string of the molecule is CC(C)(c1cc(Cl)c(O)c(Cl)c1Cl)c1cc(Cl)c(O)c(Cl)c1Cl.O=C(Cl)c1c(Cl)c(Cl)c2c(c1Cl)C(=O)OC2=O. The van der Waals surface area contributed by atoms with Crippen molar-refractivity contribution in [3.8, 4) is 11.5 Å². The molecule has 1 heterocycles. The molecule has 0 radical (unpaired) electrons. The summed E-state index contributed by atoms with van der Waals surface area (Å²) in [6.45, 7) is 3.62. The van der Waals surface area contributed by atoms with Crippen molar-refractivity contribution in [3.05, 3.63) is 85.2 Å². The van der Waals surface area contributed by atoms with Crippen molar-refractivity contribution >= 4 is 133 Å². The molecule has 4 rings (SSSR count). The number of esters is 2. The summed E-state index contributed by atoms with van der Waals surface area (Å²) in [7, 11) is 0. The Hall–Kier alpha value is -1.03. The molecular formula is C24H10Cl10O6. The topological polar surface area (TPSA) is 101 Å². The van der Waals surface area contributed by atoms with Gasteiger partial charge in [0.2, 0.25) is 0 Å². The highest BCUT2D eigenvalue weighted by molar-refractivity contribution is 6.70. The monoisotopic (exact) mass is 744 g/mol. The zero-order valence-electron chi connectivity index (χ0n) is 19.5. The molecule has 40 heavy (non-hydrogen) atoms. The predicted octanol–water partition coefficient (Wildman–Crippen LogP) is 10.7. The summed E-state index contributed by atoms with van der Waals surface area (Å²) >= 11 is 59.1. The molecule has 1 aliphatic heterocycles. The van der Waals surface area contributed by atoms with Gasteiger partial charge in [0.1, 0.15) is 10.0 Å². The summed E-state index contributed by atoms with van der Waals surface area (Å²) < 4.78 is 4.32. The van der Waals surface area contributed by atoms with Gasteiger partial charge in [-0.2, -0.15) is 0 Å². The Morgan fingerprint density at radius 2 is 1.02 bits per heavy atom. The Balaban J connectivity index is 0.000000230. The van der Waals surface area contributed by atoms with E-state index in [4.69, 9.17) is 116 Å². The van der Waals surface area contributed by atoms with Crippen molar-refractivity contribution in [2.75, 3.05) is 0 Å². The molecular weight excluding hydrogens is 739 g/mol. The minimum absolute atomic E-state index is 0.0505. The van der Waals surface area contributed by atoms with Gasteiger partial charge in [-0.3, -0.25) is 4.79 Å². The number of cyclic esters (lactones) is 2. The highest BCUT2D eigenvalue weighted by Gasteiger charge is 2.39. The minimum atomic E-state index is -0.993. The van der Waals surface area contributed by atoms with Crippen molar-refractivity contribution < 1.29 is 29.3 Å². The maximum absolute atomic E-state index is 11.4. The van der Waals surface area contributed by atoms with Crippen molar-refractivity contribution in [3.63, 3.8) is 0 Å².